The second-order valence-electron chi connectivity index (χ2n) is 15.5. The molecule has 0 saturated heterocycles. The van der Waals surface area contributed by atoms with Gasteiger partial charge in [0.15, 0.2) is 0 Å². The van der Waals surface area contributed by atoms with Gasteiger partial charge in [0, 0.05) is 44.0 Å². The highest BCUT2D eigenvalue weighted by Gasteiger charge is 2.21. The average Bonchev–Trinajstić information content (AvgIpc) is 3.85. The number of nitrogens with zero attached hydrogens (tertiary/aromatic N) is 3. The predicted molar refractivity (Wildman–Crippen MR) is 252 cm³/mol. The zero-order valence-corrected chi connectivity index (χ0v) is 32.7. The van der Waals surface area contributed by atoms with Crippen LogP contribution < -0.4 is 0 Å². The van der Waals surface area contributed by atoms with Crippen LogP contribution >= 0.6 is 0 Å². The topological polar surface area (TPSA) is 22.8 Å². The predicted octanol–water partition coefficient (Wildman–Crippen LogP) is 15.1. The van der Waals surface area contributed by atoms with Crippen molar-refractivity contribution >= 4 is 54.4 Å². The fourth-order valence-corrected chi connectivity index (χ4v) is 9.35. The minimum Gasteiger partial charge on any atom is -0.309 e. The number of benzene rings is 9. The van der Waals surface area contributed by atoms with Gasteiger partial charge in [0.05, 0.1) is 33.5 Å². The summed E-state index contributed by atoms with van der Waals surface area (Å²) in [5.74, 6) is 0. The lowest BCUT2D eigenvalue weighted by atomic mass is 9.97. The standard InChI is InChI=1S/C57H37N3/c1-3-15-38(16-4-1)42-21-13-22-45(35-42)60-53-27-11-9-24-48(53)49-33-34-55-56(57(49)60)50-25-10-12-28-54(50)59(55)44-31-29-41(30-32-44)51-36-43(39-17-5-2-6-18-39)37-52(58-51)47-26-14-20-40-19-7-8-23-46(40)47/h1-37H. The van der Waals surface area contributed by atoms with Gasteiger partial charge in [-0.15, -0.1) is 0 Å². The summed E-state index contributed by atoms with van der Waals surface area (Å²) in [4.78, 5) is 5.35. The van der Waals surface area contributed by atoms with Crippen molar-refractivity contribution in [2.24, 2.45) is 0 Å². The highest BCUT2D eigenvalue weighted by molar-refractivity contribution is 6.26. The minimum absolute atomic E-state index is 0.942. The van der Waals surface area contributed by atoms with Crippen LogP contribution in [0.5, 0.6) is 0 Å². The smallest absolute Gasteiger partial charge is 0.0721 e. The Morgan fingerprint density at radius 1 is 0.300 bits per heavy atom. The molecule has 3 nitrogen and oxygen atoms in total. The summed E-state index contributed by atoms with van der Waals surface area (Å²) >= 11 is 0. The summed E-state index contributed by atoms with van der Waals surface area (Å²) in [5.41, 5.74) is 15.8. The van der Waals surface area contributed by atoms with Crippen LogP contribution in [0.4, 0.5) is 0 Å². The summed E-state index contributed by atoms with van der Waals surface area (Å²) in [6.07, 6.45) is 0. The third-order valence-corrected chi connectivity index (χ3v) is 12.1. The summed E-state index contributed by atoms with van der Waals surface area (Å²) in [6.45, 7) is 0. The van der Waals surface area contributed by atoms with Gasteiger partial charge < -0.3 is 9.13 Å². The van der Waals surface area contributed by atoms with Gasteiger partial charge in [-0.25, -0.2) is 4.98 Å². The maximum Gasteiger partial charge on any atom is 0.0721 e. The minimum atomic E-state index is 0.942. The average molecular weight is 764 g/mol. The van der Waals surface area contributed by atoms with Crippen LogP contribution in [0.1, 0.15) is 0 Å². The van der Waals surface area contributed by atoms with Crippen LogP contribution in [0.2, 0.25) is 0 Å². The fraction of sp³-hybridized carbons (Fsp3) is 0. The van der Waals surface area contributed by atoms with Crippen molar-refractivity contribution in [3.8, 4) is 56.1 Å². The zero-order valence-electron chi connectivity index (χ0n) is 32.7. The summed E-state index contributed by atoms with van der Waals surface area (Å²) in [5, 5.41) is 7.36. The van der Waals surface area contributed by atoms with Gasteiger partial charge in [-0.3, -0.25) is 0 Å². The van der Waals surface area contributed by atoms with E-state index in [0.29, 0.717) is 0 Å². The highest BCUT2D eigenvalue weighted by atomic mass is 15.0. The summed E-state index contributed by atoms with van der Waals surface area (Å²) in [7, 11) is 0. The van der Waals surface area contributed by atoms with E-state index in [1.54, 1.807) is 0 Å². The first-order chi connectivity index (χ1) is 29.8. The number of hydrogen-bond donors (Lipinski definition) is 0. The Labute approximate surface area is 347 Å². The molecule has 0 atom stereocenters. The molecule has 12 rings (SSSR count). The number of fused-ring (bicyclic) bond motifs is 8. The first kappa shape index (κ1) is 34.1. The molecule has 0 amide bonds. The molecule has 0 N–H and O–H groups in total. The number of pyridine rings is 1. The molecule has 0 radical (unpaired) electrons. The van der Waals surface area contributed by atoms with Crippen LogP contribution in [0.25, 0.3) is 111 Å². The number of para-hydroxylation sites is 2. The first-order valence-corrected chi connectivity index (χ1v) is 20.5. The van der Waals surface area contributed by atoms with Gasteiger partial charge in [0.25, 0.3) is 0 Å². The van der Waals surface area contributed by atoms with Gasteiger partial charge in [-0.05, 0) is 87.6 Å². The molecule has 60 heavy (non-hydrogen) atoms. The van der Waals surface area contributed by atoms with E-state index in [9.17, 15) is 0 Å². The third kappa shape index (κ3) is 5.48. The second-order valence-corrected chi connectivity index (χ2v) is 15.5. The molecule has 12 aromatic rings. The molecule has 0 spiro atoms. The molecule has 3 aromatic heterocycles. The quantitative estimate of drug-likeness (QED) is 0.165. The van der Waals surface area contributed by atoms with E-state index in [4.69, 9.17) is 4.98 Å². The lowest BCUT2D eigenvalue weighted by molar-refractivity contribution is 1.17. The van der Waals surface area contributed by atoms with Gasteiger partial charge in [-0.1, -0.05) is 170 Å². The second kappa shape index (κ2) is 13.8. The van der Waals surface area contributed by atoms with Crippen LogP contribution in [0.15, 0.2) is 224 Å². The molecular formula is C57H37N3. The van der Waals surface area contributed by atoms with E-state index in [1.165, 1.54) is 71.1 Å². The molecule has 0 aliphatic carbocycles. The van der Waals surface area contributed by atoms with E-state index in [2.05, 4.69) is 234 Å². The highest BCUT2D eigenvalue weighted by Crippen LogP contribution is 2.43. The number of rotatable bonds is 6. The lowest BCUT2D eigenvalue weighted by Gasteiger charge is -2.13. The van der Waals surface area contributed by atoms with Gasteiger partial charge in [-0.2, -0.15) is 0 Å². The normalized spacial score (nSPS) is 11.7. The van der Waals surface area contributed by atoms with Crippen LogP contribution in [-0.4, -0.2) is 14.1 Å². The zero-order chi connectivity index (χ0) is 39.6. The molecule has 0 bridgehead atoms. The molecule has 0 saturated carbocycles. The van der Waals surface area contributed by atoms with Crippen molar-refractivity contribution < 1.29 is 0 Å². The molecule has 0 fully saturated rings. The number of aromatic nitrogens is 3. The van der Waals surface area contributed by atoms with Gasteiger partial charge in [0.2, 0.25) is 0 Å². The SMILES string of the molecule is c1ccc(-c2cccc(-n3c4ccccc4c4ccc5c(c6ccccc6n5-c5ccc(-c6cc(-c7ccccc7)cc(-c7cccc8ccccc78)n6)cc5)c43)c2)cc1. The van der Waals surface area contributed by atoms with Crippen molar-refractivity contribution in [1.29, 1.82) is 0 Å². The van der Waals surface area contributed by atoms with E-state index < -0.39 is 0 Å². The van der Waals surface area contributed by atoms with Crippen LogP contribution in [0.3, 0.4) is 0 Å². The summed E-state index contributed by atoms with van der Waals surface area (Å²) in [6, 6.07) is 80.9. The molecule has 3 heteroatoms. The molecule has 9 aromatic carbocycles. The third-order valence-electron chi connectivity index (χ3n) is 12.1. The molecular weight excluding hydrogens is 727 g/mol. The molecule has 0 unspecified atom stereocenters. The van der Waals surface area contributed by atoms with E-state index in [0.717, 1.165) is 39.5 Å². The van der Waals surface area contributed by atoms with Crippen molar-refractivity contribution in [3.63, 3.8) is 0 Å². The van der Waals surface area contributed by atoms with Crippen LogP contribution in [0, 0.1) is 0 Å². The van der Waals surface area contributed by atoms with Crippen molar-refractivity contribution in [2.75, 3.05) is 0 Å². The lowest BCUT2D eigenvalue weighted by Crippen LogP contribution is -1.96. The maximum atomic E-state index is 5.35. The first-order valence-electron chi connectivity index (χ1n) is 20.5. The van der Waals surface area contributed by atoms with E-state index >= 15 is 0 Å². The van der Waals surface area contributed by atoms with Crippen LogP contribution in [-0.2, 0) is 0 Å². The van der Waals surface area contributed by atoms with Gasteiger partial charge >= 0.3 is 0 Å². The molecule has 3 heterocycles. The van der Waals surface area contributed by atoms with Crippen molar-refractivity contribution in [1.82, 2.24) is 14.1 Å². The molecule has 0 aliphatic heterocycles. The molecule has 280 valence electrons. The Morgan fingerprint density at radius 2 is 0.900 bits per heavy atom. The fourth-order valence-electron chi connectivity index (χ4n) is 9.35. The Morgan fingerprint density at radius 3 is 1.68 bits per heavy atom. The Balaban J connectivity index is 1.04. The van der Waals surface area contributed by atoms with Gasteiger partial charge in [0.1, 0.15) is 0 Å². The Bertz CT molecular complexity index is 3570. The van der Waals surface area contributed by atoms with Crippen molar-refractivity contribution in [3.05, 3.63) is 224 Å². The van der Waals surface area contributed by atoms with E-state index in [-0.39, 0.29) is 0 Å². The Hall–Kier alpha value is -8.01. The Kier molecular flexibility index (Phi) is 7.85. The maximum absolute atomic E-state index is 5.35. The van der Waals surface area contributed by atoms with Crippen molar-refractivity contribution in [2.45, 2.75) is 0 Å². The summed E-state index contributed by atoms with van der Waals surface area (Å²) < 4.78 is 4.89. The number of hydrogen-bond acceptors (Lipinski definition) is 1. The van der Waals surface area contributed by atoms with E-state index in [1.807, 2.05) is 0 Å². The monoisotopic (exact) mass is 763 g/mol. The largest absolute Gasteiger partial charge is 0.309 e. The molecule has 0 aliphatic rings.